The molecule has 2 aromatic carbocycles. The van der Waals surface area contributed by atoms with Crippen LogP contribution in [-0.2, 0) is 0 Å². The molecule has 2 fully saturated rings. The third-order valence-corrected chi connectivity index (χ3v) is 7.24. The Bertz CT molecular complexity index is 890. The highest BCUT2D eigenvalue weighted by molar-refractivity contribution is 5.62. The summed E-state index contributed by atoms with van der Waals surface area (Å²) >= 11 is 0. The van der Waals surface area contributed by atoms with Crippen LogP contribution in [0.4, 0.5) is 11.4 Å². The van der Waals surface area contributed by atoms with E-state index < -0.39 is 0 Å². The van der Waals surface area contributed by atoms with Gasteiger partial charge in [-0.1, -0.05) is 38.1 Å². The molecule has 140 valence electrons. The fourth-order valence-electron chi connectivity index (χ4n) is 6.01. The summed E-state index contributed by atoms with van der Waals surface area (Å²) in [6.07, 6.45) is 3.85. The Labute approximate surface area is 160 Å². The molecule has 1 N–H and O–H groups in total. The van der Waals surface area contributed by atoms with Gasteiger partial charge < -0.3 is 5.32 Å². The minimum absolute atomic E-state index is 0.219. The highest BCUT2D eigenvalue weighted by Crippen LogP contribution is 2.63. The van der Waals surface area contributed by atoms with Crippen LogP contribution >= 0.6 is 0 Å². The van der Waals surface area contributed by atoms with Gasteiger partial charge in [0.2, 0.25) is 0 Å². The van der Waals surface area contributed by atoms with Gasteiger partial charge in [0.05, 0.1) is 11.0 Å². The number of hydrogen-bond donors (Lipinski definition) is 1. The molecule has 0 amide bonds. The molecule has 0 unspecified atom stereocenters. The minimum atomic E-state index is -0.265. The maximum Gasteiger partial charge on any atom is 0.269 e. The van der Waals surface area contributed by atoms with Gasteiger partial charge in [0.1, 0.15) is 0 Å². The third kappa shape index (κ3) is 2.57. The number of nitro benzene ring substituents is 1. The van der Waals surface area contributed by atoms with Crippen LogP contribution < -0.4 is 5.32 Å². The molecule has 2 saturated carbocycles. The van der Waals surface area contributed by atoms with Crippen LogP contribution in [0.1, 0.15) is 67.7 Å². The zero-order chi connectivity index (χ0) is 18.7. The quantitative estimate of drug-likeness (QED) is 0.537. The van der Waals surface area contributed by atoms with Crippen molar-refractivity contribution < 1.29 is 4.92 Å². The van der Waals surface area contributed by atoms with Crippen LogP contribution in [0.25, 0.3) is 0 Å². The number of non-ortho nitro benzene ring substituents is 1. The summed E-state index contributed by atoms with van der Waals surface area (Å²) in [5, 5.41) is 15.1. The monoisotopic (exact) mass is 362 g/mol. The number of nitrogens with zero attached hydrogens (tertiary/aromatic N) is 1. The zero-order valence-electron chi connectivity index (χ0n) is 15.9. The zero-order valence-corrected chi connectivity index (χ0v) is 15.9. The van der Waals surface area contributed by atoms with E-state index >= 15 is 0 Å². The summed E-state index contributed by atoms with van der Waals surface area (Å²) < 4.78 is 0. The fraction of sp³-hybridized carbons (Fsp3) is 0.478. The van der Waals surface area contributed by atoms with E-state index in [0.29, 0.717) is 29.7 Å². The van der Waals surface area contributed by atoms with Crippen LogP contribution in [0.5, 0.6) is 0 Å². The summed E-state index contributed by atoms with van der Waals surface area (Å²) in [6.45, 7) is 4.45. The molecule has 0 radical (unpaired) electrons. The average molecular weight is 362 g/mol. The highest BCUT2D eigenvalue weighted by atomic mass is 16.6. The first-order chi connectivity index (χ1) is 13.0. The Balaban J connectivity index is 1.57. The van der Waals surface area contributed by atoms with Gasteiger partial charge in [-0.2, -0.15) is 0 Å². The Kier molecular flexibility index (Phi) is 3.78. The second-order valence-corrected chi connectivity index (χ2v) is 8.91. The van der Waals surface area contributed by atoms with Gasteiger partial charge in [0.25, 0.3) is 5.69 Å². The minimum Gasteiger partial charge on any atom is -0.378 e. The SMILES string of the molecule is CC(C)c1ccc([C@@H]2Nc3ccc([N+](=O)[O-])cc3[C@H]3[C@H]4CC[C@@H](C4)[C@H]32)cc1. The molecule has 1 aliphatic heterocycles. The van der Waals surface area contributed by atoms with E-state index in [4.69, 9.17) is 0 Å². The molecule has 4 nitrogen and oxygen atoms in total. The van der Waals surface area contributed by atoms with Crippen LogP contribution in [0.3, 0.4) is 0 Å². The lowest BCUT2D eigenvalue weighted by molar-refractivity contribution is -0.384. The molecule has 27 heavy (non-hydrogen) atoms. The summed E-state index contributed by atoms with van der Waals surface area (Å²) in [5.74, 6) is 2.95. The smallest absolute Gasteiger partial charge is 0.269 e. The van der Waals surface area contributed by atoms with Crippen molar-refractivity contribution in [1.29, 1.82) is 0 Å². The van der Waals surface area contributed by atoms with E-state index in [1.165, 1.54) is 36.0 Å². The summed E-state index contributed by atoms with van der Waals surface area (Å²) in [4.78, 5) is 11.0. The van der Waals surface area contributed by atoms with Gasteiger partial charge in [-0.05, 0) is 71.6 Å². The first-order valence-electron chi connectivity index (χ1n) is 10.2. The second-order valence-electron chi connectivity index (χ2n) is 8.91. The van der Waals surface area contributed by atoms with Crippen LogP contribution in [0, 0.1) is 27.9 Å². The van der Waals surface area contributed by atoms with Crippen molar-refractivity contribution in [2.75, 3.05) is 5.32 Å². The molecule has 2 aliphatic carbocycles. The standard InChI is InChI=1S/C23H26N2O2/c1-13(2)14-3-5-15(6-4-14)23-22-17-8-7-16(11-17)21(22)19-12-18(25(26)27)9-10-20(19)24-23/h3-6,9-10,12-13,16-17,21-24H,7-8,11H2,1-2H3/t16-,17-,21+,22+,23-/m0/s1. The first-order valence-corrected chi connectivity index (χ1v) is 10.2. The number of benzene rings is 2. The van der Waals surface area contributed by atoms with Gasteiger partial charge >= 0.3 is 0 Å². The van der Waals surface area contributed by atoms with Gasteiger partial charge in [0, 0.05) is 17.8 Å². The number of hydrogen-bond acceptors (Lipinski definition) is 3. The van der Waals surface area contributed by atoms with Crippen LogP contribution in [-0.4, -0.2) is 4.92 Å². The number of rotatable bonds is 3. The Morgan fingerprint density at radius 1 is 1.07 bits per heavy atom. The summed E-state index contributed by atoms with van der Waals surface area (Å²) in [7, 11) is 0. The number of anilines is 1. The number of nitrogens with one attached hydrogen (secondary N) is 1. The van der Waals surface area contributed by atoms with E-state index in [2.05, 4.69) is 43.4 Å². The Morgan fingerprint density at radius 2 is 1.81 bits per heavy atom. The molecule has 2 bridgehead atoms. The van der Waals surface area contributed by atoms with E-state index in [0.717, 1.165) is 11.6 Å². The van der Waals surface area contributed by atoms with Crippen molar-refractivity contribution in [3.8, 4) is 0 Å². The van der Waals surface area contributed by atoms with E-state index in [1.54, 1.807) is 6.07 Å². The van der Waals surface area contributed by atoms with Crippen molar-refractivity contribution >= 4 is 11.4 Å². The predicted molar refractivity (Wildman–Crippen MR) is 107 cm³/mol. The van der Waals surface area contributed by atoms with Crippen LogP contribution in [0.15, 0.2) is 42.5 Å². The van der Waals surface area contributed by atoms with Gasteiger partial charge in [-0.25, -0.2) is 0 Å². The predicted octanol–water partition coefficient (Wildman–Crippen LogP) is 6.01. The molecule has 3 aliphatic rings. The molecule has 1 heterocycles. The average Bonchev–Trinajstić information content (AvgIpc) is 3.29. The topological polar surface area (TPSA) is 55.2 Å². The maximum absolute atomic E-state index is 11.3. The molecule has 5 atom stereocenters. The largest absolute Gasteiger partial charge is 0.378 e. The molecular weight excluding hydrogens is 336 g/mol. The molecule has 2 aromatic rings. The van der Waals surface area contributed by atoms with Crippen molar-refractivity contribution in [3.05, 3.63) is 69.3 Å². The molecule has 0 aromatic heterocycles. The molecular formula is C23H26N2O2. The molecule has 4 heteroatoms. The van der Waals surface area contributed by atoms with E-state index in [-0.39, 0.29) is 10.6 Å². The first kappa shape index (κ1) is 16.8. The van der Waals surface area contributed by atoms with E-state index in [1.807, 2.05) is 12.1 Å². The van der Waals surface area contributed by atoms with Crippen molar-refractivity contribution in [2.45, 2.75) is 51.0 Å². The van der Waals surface area contributed by atoms with Gasteiger partial charge in [-0.3, -0.25) is 10.1 Å². The molecule has 0 saturated heterocycles. The molecule has 5 rings (SSSR count). The van der Waals surface area contributed by atoms with Gasteiger partial charge in [0.15, 0.2) is 0 Å². The number of fused-ring (bicyclic) bond motifs is 7. The lowest BCUT2D eigenvalue weighted by atomic mass is 9.68. The fourth-order valence-corrected chi connectivity index (χ4v) is 6.01. The normalized spacial score (nSPS) is 30.7. The Morgan fingerprint density at radius 3 is 2.52 bits per heavy atom. The summed E-state index contributed by atoms with van der Waals surface area (Å²) in [5.41, 5.74) is 5.21. The lowest BCUT2D eigenvalue weighted by Crippen LogP contribution is -2.35. The maximum atomic E-state index is 11.3. The Hall–Kier alpha value is -2.36. The van der Waals surface area contributed by atoms with Gasteiger partial charge in [-0.15, -0.1) is 0 Å². The summed E-state index contributed by atoms with van der Waals surface area (Å²) in [6, 6.07) is 14.8. The van der Waals surface area contributed by atoms with Crippen LogP contribution in [0.2, 0.25) is 0 Å². The van der Waals surface area contributed by atoms with E-state index in [9.17, 15) is 10.1 Å². The second kappa shape index (κ2) is 6.08. The molecule has 0 spiro atoms. The van der Waals surface area contributed by atoms with Crippen molar-refractivity contribution in [1.82, 2.24) is 0 Å². The van der Waals surface area contributed by atoms with Crippen molar-refractivity contribution in [2.24, 2.45) is 17.8 Å². The van der Waals surface area contributed by atoms with Crippen molar-refractivity contribution in [3.63, 3.8) is 0 Å². The number of nitro groups is 1. The lowest BCUT2D eigenvalue weighted by Gasteiger charge is -2.43. The third-order valence-electron chi connectivity index (χ3n) is 7.24. The highest BCUT2D eigenvalue weighted by Gasteiger charge is 2.54.